The standard InChI is InChI=1S/C22H23N3O2S/c1-14-8-18(27-6-3-15-2-5-26-13-15)9-17-11-24-22(25-21(14)17)19-10-16-4-7-28-20(16)12-23-19/h4,7-12,15,22,24H,2-3,5-6,13H2,1H3. The van der Waals surface area contributed by atoms with Gasteiger partial charge >= 0.3 is 0 Å². The summed E-state index contributed by atoms with van der Waals surface area (Å²) < 4.78 is 12.6. The molecule has 1 N–H and O–H groups in total. The molecule has 2 atom stereocenters. The van der Waals surface area contributed by atoms with Gasteiger partial charge in [0, 0.05) is 30.8 Å². The molecule has 28 heavy (non-hydrogen) atoms. The van der Waals surface area contributed by atoms with Crippen LogP contribution in [0.25, 0.3) is 16.3 Å². The molecule has 1 fully saturated rings. The van der Waals surface area contributed by atoms with E-state index < -0.39 is 0 Å². The van der Waals surface area contributed by atoms with Crippen LogP contribution in [0.4, 0.5) is 0 Å². The van der Waals surface area contributed by atoms with Crippen molar-refractivity contribution < 1.29 is 9.47 Å². The normalized spacial score (nSPS) is 20.9. The molecule has 4 heterocycles. The highest BCUT2D eigenvalue weighted by Gasteiger charge is 2.16. The predicted octanol–water partition coefficient (Wildman–Crippen LogP) is 3.07. The van der Waals surface area contributed by atoms with Crippen molar-refractivity contribution in [3.05, 3.63) is 57.7 Å². The van der Waals surface area contributed by atoms with Crippen molar-refractivity contribution in [1.82, 2.24) is 10.3 Å². The first kappa shape index (κ1) is 17.6. The smallest absolute Gasteiger partial charge is 0.162 e. The third kappa shape index (κ3) is 3.50. The molecule has 2 aliphatic rings. The molecule has 2 aliphatic heterocycles. The summed E-state index contributed by atoms with van der Waals surface area (Å²) in [4.78, 5) is 9.52. The Morgan fingerprint density at radius 2 is 2.29 bits per heavy atom. The van der Waals surface area contributed by atoms with E-state index in [1.807, 2.05) is 12.4 Å². The molecule has 2 aromatic heterocycles. The summed E-state index contributed by atoms with van der Waals surface area (Å²) in [6.45, 7) is 4.58. The first-order valence-corrected chi connectivity index (χ1v) is 10.6. The lowest BCUT2D eigenvalue weighted by Crippen LogP contribution is -2.37. The number of nitrogens with zero attached hydrogens (tertiary/aromatic N) is 2. The highest BCUT2D eigenvalue weighted by atomic mass is 32.1. The van der Waals surface area contributed by atoms with Gasteiger partial charge in [-0.1, -0.05) is 0 Å². The molecular formula is C22H23N3O2S. The Labute approximate surface area is 167 Å². The summed E-state index contributed by atoms with van der Waals surface area (Å²) in [6, 6.07) is 8.39. The summed E-state index contributed by atoms with van der Waals surface area (Å²) >= 11 is 1.71. The molecule has 0 aliphatic carbocycles. The number of thiophene rings is 1. The molecular weight excluding hydrogens is 370 g/mol. The lowest BCUT2D eigenvalue weighted by molar-refractivity contribution is 0.178. The van der Waals surface area contributed by atoms with Crippen LogP contribution in [0.15, 0.2) is 40.8 Å². The SMILES string of the molecule is Cc1cc(OCCC2CCOC2)cc2c1=NC(c1cc3ccsc3cn1)NC=2. The largest absolute Gasteiger partial charge is 0.494 e. The fraction of sp³-hybridized carbons (Fsp3) is 0.364. The van der Waals surface area contributed by atoms with Gasteiger partial charge in [0.05, 0.1) is 22.4 Å². The number of fused-ring (bicyclic) bond motifs is 2. The van der Waals surface area contributed by atoms with Gasteiger partial charge in [0.2, 0.25) is 0 Å². The summed E-state index contributed by atoms with van der Waals surface area (Å²) in [7, 11) is 0. The van der Waals surface area contributed by atoms with E-state index in [2.05, 4.69) is 46.9 Å². The monoisotopic (exact) mass is 393 g/mol. The Kier molecular flexibility index (Phi) is 4.74. The van der Waals surface area contributed by atoms with E-state index in [0.29, 0.717) is 5.92 Å². The second kappa shape index (κ2) is 7.53. The molecule has 0 radical (unpaired) electrons. The molecule has 144 valence electrons. The van der Waals surface area contributed by atoms with Gasteiger partial charge in [0.1, 0.15) is 5.75 Å². The van der Waals surface area contributed by atoms with Gasteiger partial charge in [-0.15, -0.1) is 11.3 Å². The number of aryl methyl sites for hydroxylation is 1. The summed E-state index contributed by atoms with van der Waals surface area (Å²) in [5.74, 6) is 1.54. The highest BCUT2D eigenvalue weighted by molar-refractivity contribution is 7.17. The van der Waals surface area contributed by atoms with Crippen LogP contribution in [0, 0.1) is 12.8 Å². The van der Waals surface area contributed by atoms with E-state index in [1.165, 1.54) is 10.1 Å². The fourth-order valence-corrected chi connectivity index (χ4v) is 4.56. The molecule has 0 saturated carbocycles. The maximum atomic E-state index is 6.01. The van der Waals surface area contributed by atoms with Crippen molar-refractivity contribution >= 4 is 27.6 Å². The van der Waals surface area contributed by atoms with Gasteiger partial charge in [0.25, 0.3) is 0 Å². The second-order valence-corrected chi connectivity index (χ2v) is 8.40. The fourth-order valence-electron chi connectivity index (χ4n) is 3.82. The summed E-state index contributed by atoms with van der Waals surface area (Å²) in [5.41, 5.74) is 2.06. The summed E-state index contributed by atoms with van der Waals surface area (Å²) in [6.07, 6.45) is 5.99. The molecule has 5 rings (SSSR count). The molecule has 0 amide bonds. The zero-order chi connectivity index (χ0) is 18.9. The average Bonchev–Trinajstić information content (AvgIpc) is 3.39. The van der Waals surface area contributed by atoms with Crippen LogP contribution in [0.2, 0.25) is 0 Å². The van der Waals surface area contributed by atoms with Gasteiger partial charge in [-0.2, -0.15) is 0 Å². The number of hydrogen-bond acceptors (Lipinski definition) is 6. The van der Waals surface area contributed by atoms with Crippen molar-refractivity contribution in [2.75, 3.05) is 19.8 Å². The molecule has 0 bridgehead atoms. The van der Waals surface area contributed by atoms with Crippen LogP contribution in [0.5, 0.6) is 5.75 Å². The minimum Gasteiger partial charge on any atom is -0.494 e. The Balaban J connectivity index is 1.36. The van der Waals surface area contributed by atoms with Crippen LogP contribution >= 0.6 is 11.3 Å². The van der Waals surface area contributed by atoms with Gasteiger partial charge in [0.15, 0.2) is 6.17 Å². The summed E-state index contributed by atoms with van der Waals surface area (Å²) in [5, 5.41) is 8.76. The number of ether oxygens (including phenoxy) is 2. The van der Waals surface area contributed by atoms with Crippen molar-refractivity contribution in [3.63, 3.8) is 0 Å². The van der Waals surface area contributed by atoms with Gasteiger partial charge < -0.3 is 14.8 Å². The first-order valence-electron chi connectivity index (χ1n) is 9.75. The van der Waals surface area contributed by atoms with Gasteiger partial charge in [-0.05, 0) is 66.3 Å². The van der Waals surface area contributed by atoms with Crippen LogP contribution in [-0.4, -0.2) is 24.8 Å². The highest BCUT2D eigenvalue weighted by Crippen LogP contribution is 2.23. The number of pyridine rings is 1. The van der Waals surface area contributed by atoms with Crippen molar-refractivity contribution in [2.45, 2.75) is 25.9 Å². The number of aromatic nitrogens is 1. The quantitative estimate of drug-likeness (QED) is 0.724. The lowest BCUT2D eigenvalue weighted by atomic mass is 10.1. The zero-order valence-corrected chi connectivity index (χ0v) is 16.7. The third-order valence-electron chi connectivity index (χ3n) is 5.42. The van der Waals surface area contributed by atoms with E-state index in [9.17, 15) is 0 Å². The van der Waals surface area contributed by atoms with Crippen molar-refractivity contribution in [1.29, 1.82) is 0 Å². The Hall–Kier alpha value is -2.44. The topological polar surface area (TPSA) is 55.7 Å². The van der Waals surface area contributed by atoms with Crippen LogP contribution < -0.4 is 20.6 Å². The number of hydrogen-bond donors (Lipinski definition) is 1. The van der Waals surface area contributed by atoms with E-state index >= 15 is 0 Å². The van der Waals surface area contributed by atoms with Crippen molar-refractivity contribution in [2.24, 2.45) is 10.9 Å². The molecule has 1 aromatic carbocycles. The van der Waals surface area contributed by atoms with Gasteiger partial charge in [-0.25, -0.2) is 0 Å². The minimum absolute atomic E-state index is 0.162. The van der Waals surface area contributed by atoms with E-state index in [4.69, 9.17) is 14.5 Å². The molecule has 5 nitrogen and oxygen atoms in total. The Morgan fingerprint density at radius 1 is 1.32 bits per heavy atom. The zero-order valence-electron chi connectivity index (χ0n) is 15.9. The lowest BCUT2D eigenvalue weighted by Gasteiger charge is -2.17. The maximum absolute atomic E-state index is 6.01. The second-order valence-electron chi connectivity index (χ2n) is 7.45. The first-order chi connectivity index (χ1) is 13.8. The van der Waals surface area contributed by atoms with E-state index in [1.54, 1.807) is 11.3 Å². The minimum atomic E-state index is -0.162. The van der Waals surface area contributed by atoms with Crippen molar-refractivity contribution in [3.8, 4) is 5.75 Å². The van der Waals surface area contributed by atoms with Crippen LogP contribution in [0.3, 0.4) is 0 Å². The molecule has 0 spiro atoms. The molecule has 2 unspecified atom stereocenters. The molecule has 6 heteroatoms. The number of benzene rings is 1. The van der Waals surface area contributed by atoms with Crippen LogP contribution in [0.1, 0.15) is 30.3 Å². The van der Waals surface area contributed by atoms with E-state index in [0.717, 1.165) is 60.2 Å². The average molecular weight is 394 g/mol. The predicted molar refractivity (Wildman–Crippen MR) is 111 cm³/mol. The molecule has 3 aromatic rings. The Morgan fingerprint density at radius 3 is 3.18 bits per heavy atom. The maximum Gasteiger partial charge on any atom is 0.162 e. The number of nitrogens with one attached hydrogen (secondary N) is 1. The Bertz CT molecular complexity index is 1120. The van der Waals surface area contributed by atoms with Crippen LogP contribution in [-0.2, 0) is 4.74 Å². The van der Waals surface area contributed by atoms with E-state index in [-0.39, 0.29) is 6.17 Å². The number of rotatable bonds is 5. The third-order valence-corrected chi connectivity index (χ3v) is 6.29. The van der Waals surface area contributed by atoms with Gasteiger partial charge in [-0.3, -0.25) is 9.98 Å². The molecule has 1 saturated heterocycles.